The van der Waals surface area contributed by atoms with E-state index in [0.29, 0.717) is 0 Å². The summed E-state index contributed by atoms with van der Waals surface area (Å²) < 4.78 is 14.9. The highest BCUT2D eigenvalue weighted by molar-refractivity contribution is 6.16. The standard InChI is InChI=1S/C79H50N6.C6H10.2C2H6/c1-10-30-68-56(21-1)57-22-2-11-31-69(57)80(68)50-20-19-39-77-65(47-50)62-27-7-16-36-74(62)83(77)53-44-54(84-75-37-17-8-28-63(75)66-48-51(40-42-78(66)84)81-70-32-12-3-23-58(70)59-24-4-13-33-71(59)81)46-55(45-53)85-76-38-18-9-29-64(76)67-49-52(41-43-79(67)85)82-72-34-14-5-25-60(72)61-26-6-15-35-73(61)82;1-3-5-6-4-2;2*1-2/h1-38,40-49H,39H2;3-6H,1-2H3;2*1-2H3/b;5-3-,6-4-;;. The zero-order valence-corrected chi connectivity index (χ0v) is 54.4. The molecule has 0 saturated heterocycles. The SMILES string of the molecule is C/C=C\C=C/C.C1=CC(n2c3ccccc3c3ccccc32)=Cc2c(n(-c3cc(-n4c5ccccc5c5cc(-n6c7ccccc7c7ccccc76)ccc54)cc(-n4c5ccccc5c5cc(-n6c7ccccc7c7ccccc76)ccc54)c3)c3ccccc23)C1.CC.CC. The second kappa shape index (κ2) is 24.3. The maximum absolute atomic E-state index is 2.55. The Hall–Kier alpha value is -11.9. The summed E-state index contributed by atoms with van der Waals surface area (Å²) >= 11 is 0. The fourth-order valence-corrected chi connectivity index (χ4v) is 15.1. The van der Waals surface area contributed by atoms with E-state index in [9.17, 15) is 0 Å². The molecular formula is C89H72N6. The minimum atomic E-state index is 0.739. The van der Waals surface area contributed by atoms with E-state index in [1.807, 2.05) is 65.8 Å². The van der Waals surface area contributed by atoms with Gasteiger partial charge in [0.05, 0.1) is 77.7 Å². The highest BCUT2D eigenvalue weighted by Gasteiger charge is 2.25. The van der Waals surface area contributed by atoms with Crippen molar-refractivity contribution in [1.29, 1.82) is 0 Å². The molecule has 18 aromatic rings. The molecule has 0 spiro atoms. The quantitative estimate of drug-likeness (QED) is 0.142. The Morgan fingerprint density at radius 2 is 0.516 bits per heavy atom. The van der Waals surface area contributed by atoms with Crippen LogP contribution in [0.2, 0.25) is 0 Å². The van der Waals surface area contributed by atoms with E-state index in [1.165, 1.54) is 109 Å². The Labute approximate surface area is 553 Å². The first-order valence-electron chi connectivity index (χ1n) is 33.5. The molecule has 0 amide bonds. The van der Waals surface area contributed by atoms with Crippen LogP contribution in [0.15, 0.2) is 309 Å². The summed E-state index contributed by atoms with van der Waals surface area (Å²) in [5.74, 6) is 0. The Kier molecular flexibility index (Phi) is 14.9. The minimum absolute atomic E-state index is 0.739. The van der Waals surface area contributed by atoms with Crippen LogP contribution in [0.3, 0.4) is 0 Å². The van der Waals surface area contributed by atoms with Gasteiger partial charge in [-0.15, -0.1) is 0 Å². The number of fused-ring (bicyclic) bond motifs is 18. The Morgan fingerprint density at radius 1 is 0.253 bits per heavy atom. The van der Waals surface area contributed by atoms with Gasteiger partial charge in [0.2, 0.25) is 0 Å². The molecule has 458 valence electrons. The van der Waals surface area contributed by atoms with Crippen LogP contribution in [0, 0.1) is 0 Å². The van der Waals surface area contributed by atoms with Crippen molar-refractivity contribution in [3.8, 4) is 28.4 Å². The number of hydrogen-bond donors (Lipinski definition) is 0. The van der Waals surface area contributed by atoms with Gasteiger partial charge in [-0.2, -0.15) is 0 Å². The molecule has 19 rings (SSSR count). The molecule has 0 unspecified atom stereocenters. The molecule has 6 heteroatoms. The molecule has 0 saturated carbocycles. The molecule has 6 aromatic heterocycles. The smallest absolute Gasteiger partial charge is 0.0542 e. The van der Waals surface area contributed by atoms with E-state index in [0.717, 1.165) is 62.6 Å². The van der Waals surface area contributed by atoms with Gasteiger partial charge in [0.15, 0.2) is 0 Å². The van der Waals surface area contributed by atoms with Crippen LogP contribution in [0.4, 0.5) is 0 Å². The van der Waals surface area contributed by atoms with Gasteiger partial charge >= 0.3 is 0 Å². The molecule has 0 aliphatic heterocycles. The number of nitrogens with zero attached hydrogens (tertiary/aromatic N) is 6. The zero-order valence-electron chi connectivity index (χ0n) is 54.4. The predicted octanol–water partition coefficient (Wildman–Crippen LogP) is 24.4. The largest absolute Gasteiger partial charge is 0.313 e. The third-order valence-corrected chi connectivity index (χ3v) is 18.9. The van der Waals surface area contributed by atoms with E-state index >= 15 is 0 Å². The van der Waals surface area contributed by atoms with Crippen molar-refractivity contribution in [2.45, 2.75) is 48.0 Å². The van der Waals surface area contributed by atoms with Crippen molar-refractivity contribution in [3.05, 3.63) is 321 Å². The predicted molar refractivity (Wildman–Crippen MR) is 409 cm³/mol. The highest BCUT2D eigenvalue weighted by Crippen LogP contribution is 2.44. The average molecular weight is 1230 g/mol. The number of aromatic nitrogens is 6. The van der Waals surface area contributed by atoms with Gasteiger partial charge < -0.3 is 27.4 Å². The minimum Gasteiger partial charge on any atom is -0.313 e. The number of hydrogen-bond acceptors (Lipinski definition) is 0. The van der Waals surface area contributed by atoms with Crippen LogP contribution in [-0.4, -0.2) is 27.4 Å². The third kappa shape index (κ3) is 9.30. The van der Waals surface area contributed by atoms with Crippen LogP contribution in [0.25, 0.3) is 160 Å². The van der Waals surface area contributed by atoms with E-state index in [2.05, 4.69) is 319 Å². The normalized spacial score (nSPS) is 12.4. The first kappa shape index (κ1) is 58.2. The Bertz CT molecular complexity index is 5730. The highest BCUT2D eigenvalue weighted by atomic mass is 15.1. The van der Waals surface area contributed by atoms with E-state index in [4.69, 9.17) is 0 Å². The Morgan fingerprint density at radius 3 is 0.853 bits per heavy atom. The number of rotatable bonds is 7. The molecule has 6 nitrogen and oxygen atoms in total. The molecular weight excluding hydrogens is 1150 g/mol. The average Bonchev–Trinajstić information content (AvgIpc) is 1.58. The molecule has 0 atom stereocenters. The summed E-state index contributed by atoms with van der Waals surface area (Å²) in [5.41, 5.74) is 22.1. The second-order valence-electron chi connectivity index (χ2n) is 23.9. The van der Waals surface area contributed by atoms with Crippen LogP contribution < -0.4 is 0 Å². The summed E-state index contributed by atoms with van der Waals surface area (Å²) in [6.07, 6.45) is 15.9. The first-order chi connectivity index (χ1) is 47.1. The number of allylic oxidation sites excluding steroid dienone is 7. The lowest BCUT2D eigenvalue weighted by atomic mass is 10.1. The lowest BCUT2D eigenvalue weighted by Gasteiger charge is -2.18. The second-order valence-corrected chi connectivity index (χ2v) is 23.9. The maximum Gasteiger partial charge on any atom is 0.0542 e. The number of para-hydroxylation sites is 9. The topological polar surface area (TPSA) is 29.6 Å². The number of benzene rings is 12. The molecule has 0 radical (unpaired) electrons. The first-order valence-corrected chi connectivity index (χ1v) is 33.5. The van der Waals surface area contributed by atoms with Crippen LogP contribution in [-0.2, 0) is 6.42 Å². The van der Waals surface area contributed by atoms with E-state index in [-0.39, 0.29) is 0 Å². The summed E-state index contributed by atoms with van der Waals surface area (Å²) in [5, 5.41) is 13.5. The zero-order chi connectivity index (χ0) is 64.3. The fourth-order valence-electron chi connectivity index (χ4n) is 15.1. The molecule has 1 aliphatic carbocycles. The van der Waals surface area contributed by atoms with Gasteiger partial charge in [0.25, 0.3) is 0 Å². The van der Waals surface area contributed by atoms with E-state index in [1.54, 1.807) is 0 Å². The summed E-state index contributed by atoms with van der Waals surface area (Å²) in [4.78, 5) is 0. The van der Waals surface area contributed by atoms with Crippen LogP contribution >= 0.6 is 0 Å². The van der Waals surface area contributed by atoms with Crippen LogP contribution in [0.1, 0.15) is 52.8 Å². The van der Waals surface area contributed by atoms with Gasteiger partial charge in [0, 0.05) is 94.0 Å². The van der Waals surface area contributed by atoms with Gasteiger partial charge in [-0.3, -0.25) is 0 Å². The van der Waals surface area contributed by atoms with E-state index < -0.39 is 0 Å². The fraction of sp³-hybridized carbons (Fsp3) is 0.0787. The van der Waals surface area contributed by atoms with Gasteiger partial charge in [-0.05, 0) is 135 Å². The molecule has 1 aliphatic rings. The van der Waals surface area contributed by atoms with Crippen molar-refractivity contribution in [2.75, 3.05) is 0 Å². The van der Waals surface area contributed by atoms with Crippen molar-refractivity contribution in [2.24, 2.45) is 0 Å². The van der Waals surface area contributed by atoms with Gasteiger partial charge in [-0.25, -0.2) is 0 Å². The molecule has 0 N–H and O–H groups in total. The maximum atomic E-state index is 2.55. The van der Waals surface area contributed by atoms with Crippen molar-refractivity contribution in [1.82, 2.24) is 27.4 Å². The molecule has 0 fully saturated rings. The monoisotopic (exact) mass is 1220 g/mol. The summed E-state index contributed by atoms with van der Waals surface area (Å²) in [6, 6.07) is 101. The van der Waals surface area contributed by atoms with Crippen molar-refractivity contribution < 1.29 is 0 Å². The summed E-state index contributed by atoms with van der Waals surface area (Å²) in [6.45, 7) is 12.0. The van der Waals surface area contributed by atoms with Crippen LogP contribution in [0.5, 0.6) is 0 Å². The van der Waals surface area contributed by atoms with Crippen molar-refractivity contribution >= 4 is 132 Å². The Balaban J connectivity index is 0.000000671. The van der Waals surface area contributed by atoms with Gasteiger partial charge in [-0.1, -0.05) is 222 Å². The molecule has 0 bridgehead atoms. The lowest BCUT2D eigenvalue weighted by molar-refractivity contribution is 0.992. The van der Waals surface area contributed by atoms with Gasteiger partial charge in [0.1, 0.15) is 0 Å². The molecule has 12 aromatic carbocycles. The molecule has 6 heterocycles. The molecule has 95 heavy (non-hydrogen) atoms. The summed E-state index contributed by atoms with van der Waals surface area (Å²) in [7, 11) is 0. The lowest BCUT2D eigenvalue weighted by Crippen LogP contribution is -2.05. The van der Waals surface area contributed by atoms with Crippen molar-refractivity contribution in [3.63, 3.8) is 0 Å². The third-order valence-electron chi connectivity index (χ3n) is 18.9.